The number of nitrogens with zero attached hydrogens (tertiary/aromatic N) is 1. The van der Waals surface area contributed by atoms with Crippen molar-refractivity contribution in [2.75, 3.05) is 4.90 Å². The first-order valence-corrected chi connectivity index (χ1v) is 7.79. The van der Waals surface area contributed by atoms with Crippen LogP contribution in [0.25, 0.3) is 0 Å². The van der Waals surface area contributed by atoms with Crippen LogP contribution in [0, 0.1) is 5.41 Å². The zero-order valence-corrected chi connectivity index (χ0v) is 13.0. The summed E-state index contributed by atoms with van der Waals surface area (Å²) < 4.78 is 0.861. The van der Waals surface area contributed by atoms with E-state index in [2.05, 4.69) is 21.2 Å². The predicted molar refractivity (Wildman–Crippen MR) is 80.7 cm³/mol. The Bertz CT molecular complexity index is 606. The maximum Gasteiger partial charge on any atom is 0.335 e. The van der Waals surface area contributed by atoms with Crippen LogP contribution >= 0.6 is 15.9 Å². The van der Waals surface area contributed by atoms with Gasteiger partial charge in [0, 0.05) is 4.47 Å². The van der Waals surface area contributed by atoms with Gasteiger partial charge in [-0.3, -0.25) is 14.9 Å². The topological polar surface area (TPSA) is 66.5 Å². The normalized spacial score (nSPS) is 21.6. The molecule has 1 saturated heterocycles. The number of urea groups is 1. The number of carbonyl (C=O) groups excluding carboxylic acids is 3. The molecule has 1 aliphatic carbocycles. The number of hydrogen-bond donors (Lipinski definition) is 1. The molecule has 110 valence electrons. The number of imide groups is 2. The maximum atomic E-state index is 12.8. The Hall–Kier alpha value is -1.69. The minimum Gasteiger partial charge on any atom is -0.276 e. The van der Waals surface area contributed by atoms with Gasteiger partial charge in [-0.05, 0) is 37.1 Å². The Morgan fingerprint density at radius 3 is 2.24 bits per heavy atom. The standard InChI is InChI=1S/C15H15BrN2O3/c16-10-4-6-11(7-5-10)18-13(20)15(8-2-1-3-9-15)12(19)17-14(18)21/h4-7H,1-3,8-9H2,(H,17,19,21). The SMILES string of the molecule is O=C1NC(=O)C2(CCCCC2)C(=O)N1c1ccc(Br)cc1. The molecule has 5 nitrogen and oxygen atoms in total. The molecule has 6 heteroatoms. The van der Waals surface area contributed by atoms with Gasteiger partial charge in [0.25, 0.3) is 5.91 Å². The lowest BCUT2D eigenvalue weighted by Crippen LogP contribution is -2.64. The zero-order chi connectivity index (χ0) is 15.0. The fourth-order valence-electron chi connectivity index (χ4n) is 3.10. The quantitative estimate of drug-likeness (QED) is 0.791. The first kappa shape index (κ1) is 14.3. The summed E-state index contributed by atoms with van der Waals surface area (Å²) in [6, 6.07) is 6.24. The van der Waals surface area contributed by atoms with Crippen molar-refractivity contribution in [3.8, 4) is 0 Å². The van der Waals surface area contributed by atoms with Crippen LogP contribution in [0.4, 0.5) is 10.5 Å². The van der Waals surface area contributed by atoms with Crippen LogP contribution in [0.1, 0.15) is 32.1 Å². The molecule has 0 aromatic heterocycles. The van der Waals surface area contributed by atoms with Crippen molar-refractivity contribution in [1.29, 1.82) is 0 Å². The van der Waals surface area contributed by atoms with Gasteiger partial charge in [0.2, 0.25) is 5.91 Å². The molecule has 1 aromatic rings. The number of amides is 4. The molecular formula is C15H15BrN2O3. The summed E-state index contributed by atoms with van der Waals surface area (Å²) in [5.41, 5.74) is -0.586. The van der Waals surface area contributed by atoms with Gasteiger partial charge < -0.3 is 0 Å². The second-order valence-electron chi connectivity index (χ2n) is 5.52. The van der Waals surface area contributed by atoms with E-state index < -0.39 is 23.3 Å². The molecule has 0 atom stereocenters. The molecule has 0 bridgehead atoms. The number of rotatable bonds is 1. The lowest BCUT2D eigenvalue weighted by molar-refractivity contribution is -0.144. The average Bonchev–Trinajstić information content (AvgIpc) is 2.48. The van der Waals surface area contributed by atoms with Crippen LogP contribution in [0.2, 0.25) is 0 Å². The molecule has 1 saturated carbocycles. The van der Waals surface area contributed by atoms with Crippen LogP contribution in [-0.2, 0) is 9.59 Å². The number of barbiturate groups is 1. The summed E-state index contributed by atoms with van der Waals surface area (Å²) in [6.45, 7) is 0. The predicted octanol–water partition coefficient (Wildman–Crippen LogP) is 2.98. The van der Waals surface area contributed by atoms with E-state index in [1.165, 1.54) is 0 Å². The second kappa shape index (κ2) is 5.26. The Morgan fingerprint density at radius 1 is 1.00 bits per heavy atom. The molecule has 4 amide bonds. The van der Waals surface area contributed by atoms with Crippen molar-refractivity contribution >= 4 is 39.5 Å². The van der Waals surface area contributed by atoms with E-state index in [0.29, 0.717) is 18.5 Å². The number of carbonyl (C=O) groups is 3. The van der Waals surface area contributed by atoms with E-state index in [0.717, 1.165) is 28.6 Å². The van der Waals surface area contributed by atoms with Gasteiger partial charge in [-0.25, -0.2) is 9.69 Å². The van der Waals surface area contributed by atoms with Crippen molar-refractivity contribution in [1.82, 2.24) is 5.32 Å². The van der Waals surface area contributed by atoms with Gasteiger partial charge in [-0.1, -0.05) is 35.2 Å². The number of nitrogens with one attached hydrogen (secondary N) is 1. The Kier molecular flexibility index (Phi) is 3.57. The van der Waals surface area contributed by atoms with Crippen molar-refractivity contribution < 1.29 is 14.4 Å². The third kappa shape index (κ3) is 2.27. The van der Waals surface area contributed by atoms with E-state index in [-0.39, 0.29) is 0 Å². The first-order chi connectivity index (χ1) is 10.0. The second-order valence-corrected chi connectivity index (χ2v) is 6.43. The van der Waals surface area contributed by atoms with Gasteiger partial charge in [-0.15, -0.1) is 0 Å². The Morgan fingerprint density at radius 2 is 1.62 bits per heavy atom. The van der Waals surface area contributed by atoms with E-state index in [1.54, 1.807) is 24.3 Å². The first-order valence-electron chi connectivity index (χ1n) is 7.00. The minimum absolute atomic E-state index is 0.390. The van der Waals surface area contributed by atoms with Gasteiger partial charge in [0.15, 0.2) is 0 Å². The number of hydrogen-bond acceptors (Lipinski definition) is 3. The van der Waals surface area contributed by atoms with Crippen LogP contribution in [0.3, 0.4) is 0 Å². The number of halogens is 1. The highest BCUT2D eigenvalue weighted by Crippen LogP contribution is 2.41. The van der Waals surface area contributed by atoms with Gasteiger partial charge in [0.05, 0.1) is 5.69 Å². The molecule has 1 heterocycles. The maximum absolute atomic E-state index is 12.8. The van der Waals surface area contributed by atoms with Crippen molar-refractivity contribution in [3.05, 3.63) is 28.7 Å². The molecule has 1 spiro atoms. The van der Waals surface area contributed by atoms with E-state index in [1.807, 2.05) is 0 Å². The summed E-state index contributed by atoms with van der Waals surface area (Å²) in [5, 5.41) is 2.35. The molecule has 2 fully saturated rings. The highest BCUT2D eigenvalue weighted by atomic mass is 79.9. The van der Waals surface area contributed by atoms with Crippen LogP contribution < -0.4 is 10.2 Å². The highest BCUT2D eigenvalue weighted by molar-refractivity contribution is 9.10. The number of benzene rings is 1. The van der Waals surface area contributed by atoms with E-state index >= 15 is 0 Å². The van der Waals surface area contributed by atoms with Gasteiger partial charge in [0.1, 0.15) is 5.41 Å². The summed E-state index contributed by atoms with van der Waals surface area (Å²) in [6.07, 6.45) is 3.72. The number of anilines is 1. The third-order valence-electron chi connectivity index (χ3n) is 4.26. The van der Waals surface area contributed by atoms with Gasteiger partial charge in [-0.2, -0.15) is 0 Å². The zero-order valence-electron chi connectivity index (χ0n) is 11.4. The van der Waals surface area contributed by atoms with Crippen molar-refractivity contribution in [2.45, 2.75) is 32.1 Å². The molecule has 1 N–H and O–H groups in total. The minimum atomic E-state index is -1.07. The summed E-state index contributed by atoms with van der Waals surface area (Å²) >= 11 is 3.32. The van der Waals surface area contributed by atoms with Crippen molar-refractivity contribution in [2.24, 2.45) is 5.41 Å². The molecule has 1 aromatic carbocycles. The summed E-state index contributed by atoms with van der Waals surface area (Å²) in [7, 11) is 0. The molecule has 21 heavy (non-hydrogen) atoms. The van der Waals surface area contributed by atoms with Crippen molar-refractivity contribution in [3.63, 3.8) is 0 Å². The molecule has 0 unspecified atom stereocenters. The Balaban J connectivity index is 2.00. The van der Waals surface area contributed by atoms with Crippen LogP contribution in [-0.4, -0.2) is 17.8 Å². The van der Waals surface area contributed by atoms with E-state index in [9.17, 15) is 14.4 Å². The van der Waals surface area contributed by atoms with Crippen LogP contribution in [0.5, 0.6) is 0 Å². The lowest BCUT2D eigenvalue weighted by Gasteiger charge is -2.41. The molecule has 1 aliphatic heterocycles. The monoisotopic (exact) mass is 350 g/mol. The molecular weight excluding hydrogens is 336 g/mol. The summed E-state index contributed by atoms with van der Waals surface area (Å²) in [5.74, 6) is -0.830. The van der Waals surface area contributed by atoms with Crippen LogP contribution in [0.15, 0.2) is 28.7 Å². The Labute approximate surface area is 130 Å². The third-order valence-corrected chi connectivity index (χ3v) is 4.79. The molecule has 0 radical (unpaired) electrons. The molecule has 2 aliphatic rings. The fraction of sp³-hybridized carbons (Fsp3) is 0.400. The summed E-state index contributed by atoms with van der Waals surface area (Å²) in [4.78, 5) is 38.3. The average molecular weight is 351 g/mol. The molecule has 3 rings (SSSR count). The van der Waals surface area contributed by atoms with E-state index in [4.69, 9.17) is 0 Å². The largest absolute Gasteiger partial charge is 0.335 e. The fourth-order valence-corrected chi connectivity index (χ4v) is 3.36. The highest BCUT2D eigenvalue weighted by Gasteiger charge is 2.54. The smallest absolute Gasteiger partial charge is 0.276 e. The lowest BCUT2D eigenvalue weighted by atomic mass is 9.71. The van der Waals surface area contributed by atoms with Gasteiger partial charge >= 0.3 is 6.03 Å².